The number of nitrogens with zero attached hydrogens (tertiary/aromatic N) is 3. The molecular formula is C26H26N4O4S. The maximum Gasteiger partial charge on any atom is 0.310 e. The number of ether oxygens (including phenoxy) is 1. The van der Waals surface area contributed by atoms with Crippen LogP contribution in [0.2, 0.25) is 0 Å². The molecule has 180 valence electrons. The molecule has 1 aliphatic rings. The molecule has 4 heterocycles. The Labute approximate surface area is 206 Å². The quantitative estimate of drug-likeness (QED) is 0.376. The molecule has 4 aromatic rings. The molecule has 0 radical (unpaired) electrons. The van der Waals surface area contributed by atoms with Crippen molar-refractivity contribution in [3.63, 3.8) is 0 Å². The summed E-state index contributed by atoms with van der Waals surface area (Å²) in [6.07, 6.45) is 3.05. The molecule has 5 rings (SSSR count). The molecule has 0 unspecified atom stereocenters. The molecule has 0 spiro atoms. The van der Waals surface area contributed by atoms with E-state index < -0.39 is 0 Å². The molecule has 1 fully saturated rings. The summed E-state index contributed by atoms with van der Waals surface area (Å²) >= 11 is 1.67. The topological polar surface area (TPSA) is 97.6 Å². The third kappa shape index (κ3) is 4.90. The second kappa shape index (κ2) is 10.3. The van der Waals surface area contributed by atoms with E-state index in [4.69, 9.17) is 14.2 Å². The molecule has 8 nitrogen and oxygen atoms in total. The minimum absolute atomic E-state index is 0.200. The number of esters is 1. The van der Waals surface area contributed by atoms with Crippen LogP contribution in [0.3, 0.4) is 0 Å². The molecule has 0 saturated carbocycles. The van der Waals surface area contributed by atoms with Crippen molar-refractivity contribution in [1.82, 2.24) is 15.5 Å². The Hall–Kier alpha value is -3.72. The summed E-state index contributed by atoms with van der Waals surface area (Å²) in [5.74, 6) is -0.128. The van der Waals surface area contributed by atoms with Crippen molar-refractivity contribution in [3.05, 3.63) is 65.4 Å². The van der Waals surface area contributed by atoms with E-state index in [9.17, 15) is 9.59 Å². The highest BCUT2D eigenvalue weighted by molar-refractivity contribution is 7.17. The summed E-state index contributed by atoms with van der Waals surface area (Å²) in [7, 11) is 0. The summed E-state index contributed by atoms with van der Waals surface area (Å²) in [5.41, 5.74) is 2.92. The molecule has 9 heteroatoms. The number of rotatable bonds is 7. The number of anilines is 1. The number of amides is 1. The van der Waals surface area contributed by atoms with Crippen LogP contribution in [0.15, 0.2) is 58.6 Å². The van der Waals surface area contributed by atoms with E-state index in [1.807, 2.05) is 36.1 Å². The first-order valence-corrected chi connectivity index (χ1v) is 12.6. The first kappa shape index (κ1) is 23.0. The molecule has 1 aromatic carbocycles. The lowest BCUT2D eigenvalue weighted by Crippen LogP contribution is -2.41. The molecule has 1 saturated heterocycles. The van der Waals surface area contributed by atoms with Crippen molar-refractivity contribution >= 4 is 39.1 Å². The number of hydrogen-bond acceptors (Lipinski definition) is 8. The van der Waals surface area contributed by atoms with Gasteiger partial charge in [-0.05, 0) is 38.0 Å². The van der Waals surface area contributed by atoms with Gasteiger partial charge in [-0.15, -0.1) is 11.3 Å². The zero-order valence-electron chi connectivity index (χ0n) is 19.4. The Balaban J connectivity index is 1.50. The fraction of sp³-hybridized carbons (Fsp3) is 0.308. The van der Waals surface area contributed by atoms with Crippen LogP contribution >= 0.6 is 11.3 Å². The van der Waals surface area contributed by atoms with Crippen LogP contribution in [0.4, 0.5) is 5.82 Å². The second-order valence-electron chi connectivity index (χ2n) is 8.42. The predicted octanol–water partition coefficient (Wildman–Crippen LogP) is 4.66. The zero-order chi connectivity index (χ0) is 24.2. The van der Waals surface area contributed by atoms with Gasteiger partial charge in [-0.25, -0.2) is 4.98 Å². The Morgan fingerprint density at radius 1 is 1.23 bits per heavy atom. The van der Waals surface area contributed by atoms with Gasteiger partial charge in [-0.3, -0.25) is 9.59 Å². The molecule has 0 aliphatic carbocycles. The first-order valence-electron chi connectivity index (χ1n) is 11.7. The number of pyridine rings is 1. The van der Waals surface area contributed by atoms with E-state index in [1.54, 1.807) is 17.4 Å². The number of nitrogens with one attached hydrogen (secondary N) is 1. The van der Waals surface area contributed by atoms with Gasteiger partial charge in [0.25, 0.3) is 5.91 Å². The van der Waals surface area contributed by atoms with Gasteiger partial charge in [0, 0.05) is 40.2 Å². The van der Waals surface area contributed by atoms with Crippen LogP contribution < -0.4 is 10.2 Å². The van der Waals surface area contributed by atoms with Gasteiger partial charge in [-0.1, -0.05) is 23.4 Å². The van der Waals surface area contributed by atoms with Crippen molar-refractivity contribution < 1.29 is 18.8 Å². The molecule has 1 N–H and O–H groups in total. The molecule has 3 aromatic heterocycles. The van der Waals surface area contributed by atoms with E-state index in [0.29, 0.717) is 36.8 Å². The van der Waals surface area contributed by atoms with Gasteiger partial charge in [0.2, 0.25) is 0 Å². The lowest BCUT2D eigenvalue weighted by Gasteiger charge is -2.33. The minimum Gasteiger partial charge on any atom is -0.466 e. The molecule has 1 amide bonds. The summed E-state index contributed by atoms with van der Waals surface area (Å²) in [5, 5.41) is 9.98. The van der Waals surface area contributed by atoms with Gasteiger partial charge in [0.1, 0.15) is 17.8 Å². The number of aromatic nitrogens is 2. The van der Waals surface area contributed by atoms with Crippen molar-refractivity contribution in [2.45, 2.75) is 26.3 Å². The number of piperidine rings is 1. The third-order valence-corrected chi connectivity index (χ3v) is 7.10. The van der Waals surface area contributed by atoms with Crippen molar-refractivity contribution in [1.29, 1.82) is 0 Å². The van der Waals surface area contributed by atoms with E-state index in [1.165, 1.54) is 11.0 Å². The molecule has 0 bridgehead atoms. The number of fused-ring (bicyclic) bond motifs is 1. The average molecular weight is 491 g/mol. The fourth-order valence-corrected chi connectivity index (χ4v) is 5.36. The number of carbonyl (C=O) groups is 2. The Bertz CT molecular complexity index is 1330. The lowest BCUT2D eigenvalue weighted by atomic mass is 9.97. The predicted molar refractivity (Wildman–Crippen MR) is 134 cm³/mol. The Kier molecular flexibility index (Phi) is 6.76. The van der Waals surface area contributed by atoms with E-state index in [0.717, 1.165) is 29.5 Å². The maximum absolute atomic E-state index is 13.2. The van der Waals surface area contributed by atoms with Crippen molar-refractivity contribution in [2.24, 2.45) is 5.92 Å². The average Bonchev–Trinajstić information content (AvgIpc) is 3.57. The summed E-state index contributed by atoms with van der Waals surface area (Å²) in [4.78, 5) is 32.7. The van der Waals surface area contributed by atoms with Crippen LogP contribution in [-0.4, -0.2) is 41.7 Å². The number of carbonyl (C=O) groups excluding carboxylic acids is 2. The maximum atomic E-state index is 13.2. The summed E-state index contributed by atoms with van der Waals surface area (Å²) < 4.78 is 11.3. The van der Waals surface area contributed by atoms with Crippen molar-refractivity contribution in [2.75, 3.05) is 24.6 Å². The SMILES string of the molecule is CCOC(=O)[C@@H]1CCCN(c2nc(-c3csc4ccccc34)ccc2C(=O)NCc2ccon2)C1. The lowest BCUT2D eigenvalue weighted by molar-refractivity contribution is -0.148. The molecule has 1 aliphatic heterocycles. The third-order valence-electron chi connectivity index (χ3n) is 6.14. The highest BCUT2D eigenvalue weighted by atomic mass is 32.1. The van der Waals surface area contributed by atoms with E-state index in [-0.39, 0.29) is 24.3 Å². The Morgan fingerprint density at radius 2 is 2.11 bits per heavy atom. The van der Waals surface area contributed by atoms with Crippen LogP contribution in [0.1, 0.15) is 35.8 Å². The minimum atomic E-state index is -0.254. The molecular weight excluding hydrogens is 464 g/mol. The van der Waals surface area contributed by atoms with Gasteiger partial charge < -0.3 is 19.5 Å². The summed E-state index contributed by atoms with van der Waals surface area (Å²) in [6, 6.07) is 13.6. The summed E-state index contributed by atoms with van der Waals surface area (Å²) in [6.45, 7) is 3.58. The molecule has 35 heavy (non-hydrogen) atoms. The Morgan fingerprint density at radius 3 is 2.94 bits per heavy atom. The normalized spacial score (nSPS) is 15.8. The van der Waals surface area contributed by atoms with Crippen LogP contribution in [-0.2, 0) is 16.1 Å². The van der Waals surface area contributed by atoms with Crippen LogP contribution in [0.25, 0.3) is 21.3 Å². The second-order valence-corrected chi connectivity index (χ2v) is 9.34. The van der Waals surface area contributed by atoms with Crippen molar-refractivity contribution in [3.8, 4) is 11.3 Å². The van der Waals surface area contributed by atoms with E-state index in [2.05, 4.69) is 28.0 Å². The van der Waals surface area contributed by atoms with Gasteiger partial charge in [-0.2, -0.15) is 0 Å². The van der Waals surface area contributed by atoms with Gasteiger partial charge in [0.05, 0.1) is 30.3 Å². The smallest absolute Gasteiger partial charge is 0.310 e. The number of thiophene rings is 1. The van der Waals surface area contributed by atoms with Crippen LogP contribution in [0, 0.1) is 5.92 Å². The van der Waals surface area contributed by atoms with E-state index >= 15 is 0 Å². The van der Waals surface area contributed by atoms with Gasteiger partial charge >= 0.3 is 5.97 Å². The fourth-order valence-electron chi connectivity index (χ4n) is 4.41. The highest BCUT2D eigenvalue weighted by Gasteiger charge is 2.30. The number of hydrogen-bond donors (Lipinski definition) is 1. The molecule has 1 atom stereocenters. The van der Waals surface area contributed by atoms with Crippen LogP contribution in [0.5, 0.6) is 0 Å². The largest absolute Gasteiger partial charge is 0.466 e. The standard InChI is InChI=1S/C26H26N4O4S/c1-2-33-26(32)17-6-5-12-30(15-17)24-20(25(31)27-14-18-11-13-34-29-18)9-10-22(28-24)21-16-35-23-8-4-3-7-19(21)23/h3-4,7-11,13,16-17H,2,5-6,12,14-15H2,1H3,(H,27,31)/t17-/m1/s1. The van der Waals surface area contributed by atoms with Gasteiger partial charge in [0.15, 0.2) is 0 Å². The zero-order valence-corrected chi connectivity index (χ0v) is 20.2. The number of benzene rings is 1. The highest BCUT2D eigenvalue weighted by Crippen LogP contribution is 2.35. The monoisotopic (exact) mass is 490 g/mol. The first-order chi connectivity index (χ1) is 17.1.